The first-order chi connectivity index (χ1) is 7.63. The zero-order valence-corrected chi connectivity index (χ0v) is 9.86. The van der Waals surface area contributed by atoms with Crippen LogP contribution in [0.3, 0.4) is 0 Å². The molecule has 0 aliphatic rings. The van der Waals surface area contributed by atoms with Crippen LogP contribution in [0.1, 0.15) is 5.56 Å². The van der Waals surface area contributed by atoms with Crippen LogP contribution in [0.4, 0.5) is 10.2 Å². The van der Waals surface area contributed by atoms with Crippen molar-refractivity contribution < 1.29 is 4.39 Å². The first-order valence-corrected chi connectivity index (χ1v) is 5.99. The van der Waals surface area contributed by atoms with E-state index in [4.69, 9.17) is 5.73 Å². The standard InChI is InChI=1S/C11H12FN3S/c1-6-3-7(8-5-14-15-11(8)13)9(12)4-10(6)16-2/h3-5H,1-2H3,(H3,13,14,15). The van der Waals surface area contributed by atoms with Crippen LogP contribution in [-0.4, -0.2) is 16.5 Å². The number of aromatic nitrogens is 2. The van der Waals surface area contributed by atoms with Gasteiger partial charge in [-0.15, -0.1) is 11.8 Å². The van der Waals surface area contributed by atoms with Crippen LogP contribution in [0, 0.1) is 12.7 Å². The van der Waals surface area contributed by atoms with Crippen molar-refractivity contribution in [1.29, 1.82) is 0 Å². The third-order valence-electron chi connectivity index (χ3n) is 2.44. The van der Waals surface area contributed by atoms with E-state index in [-0.39, 0.29) is 5.82 Å². The van der Waals surface area contributed by atoms with Gasteiger partial charge < -0.3 is 5.73 Å². The Kier molecular flexibility index (Phi) is 2.87. The summed E-state index contributed by atoms with van der Waals surface area (Å²) in [5, 5.41) is 6.39. The predicted molar refractivity (Wildman–Crippen MR) is 64.9 cm³/mol. The lowest BCUT2D eigenvalue weighted by atomic mass is 10.1. The summed E-state index contributed by atoms with van der Waals surface area (Å²) in [6, 6.07) is 3.32. The highest BCUT2D eigenvalue weighted by Crippen LogP contribution is 2.31. The SMILES string of the molecule is CSc1cc(F)c(-c2cn[nH]c2N)cc1C. The van der Waals surface area contributed by atoms with Crippen molar-refractivity contribution in [2.75, 3.05) is 12.0 Å². The molecule has 1 heterocycles. The molecule has 2 aromatic rings. The van der Waals surface area contributed by atoms with Crippen LogP contribution in [0.2, 0.25) is 0 Å². The quantitative estimate of drug-likeness (QED) is 0.790. The first kappa shape index (κ1) is 11.0. The van der Waals surface area contributed by atoms with Crippen LogP contribution in [0.25, 0.3) is 11.1 Å². The van der Waals surface area contributed by atoms with Crippen molar-refractivity contribution in [2.24, 2.45) is 0 Å². The highest BCUT2D eigenvalue weighted by Gasteiger charge is 2.12. The highest BCUT2D eigenvalue weighted by atomic mass is 32.2. The summed E-state index contributed by atoms with van der Waals surface area (Å²) in [5.41, 5.74) is 7.80. The Hall–Kier alpha value is -1.49. The third kappa shape index (κ3) is 1.78. The van der Waals surface area contributed by atoms with Crippen LogP contribution in [0.5, 0.6) is 0 Å². The molecular weight excluding hydrogens is 225 g/mol. The number of halogens is 1. The fraction of sp³-hybridized carbons (Fsp3) is 0.182. The minimum absolute atomic E-state index is 0.275. The molecule has 0 spiro atoms. The normalized spacial score (nSPS) is 10.7. The Labute approximate surface area is 97.2 Å². The number of anilines is 1. The number of hydrogen-bond acceptors (Lipinski definition) is 3. The molecule has 0 radical (unpaired) electrons. The second-order valence-corrected chi connectivity index (χ2v) is 4.35. The van der Waals surface area contributed by atoms with Gasteiger partial charge in [0.05, 0.1) is 6.20 Å². The molecule has 0 saturated heterocycles. The van der Waals surface area contributed by atoms with Crippen LogP contribution < -0.4 is 5.73 Å². The predicted octanol–water partition coefficient (Wildman–Crippen LogP) is 2.83. The van der Waals surface area contributed by atoms with E-state index in [1.807, 2.05) is 13.2 Å². The third-order valence-corrected chi connectivity index (χ3v) is 3.32. The zero-order chi connectivity index (χ0) is 11.7. The molecule has 0 bridgehead atoms. The fourth-order valence-corrected chi connectivity index (χ4v) is 2.20. The van der Waals surface area contributed by atoms with Crippen molar-refractivity contribution in [3.05, 3.63) is 29.7 Å². The lowest BCUT2D eigenvalue weighted by Gasteiger charge is -2.07. The number of benzene rings is 1. The van der Waals surface area contributed by atoms with Gasteiger partial charge in [-0.2, -0.15) is 5.10 Å². The molecule has 0 unspecified atom stereocenters. The van der Waals surface area contributed by atoms with E-state index >= 15 is 0 Å². The maximum Gasteiger partial charge on any atom is 0.132 e. The Bertz CT molecular complexity index is 522. The molecule has 5 heteroatoms. The van der Waals surface area contributed by atoms with Gasteiger partial charge in [-0.1, -0.05) is 0 Å². The minimum atomic E-state index is -0.275. The molecule has 0 aliphatic carbocycles. The van der Waals surface area contributed by atoms with Gasteiger partial charge >= 0.3 is 0 Å². The van der Waals surface area contributed by atoms with Gasteiger partial charge in [0.15, 0.2) is 0 Å². The monoisotopic (exact) mass is 237 g/mol. The number of nitrogens with one attached hydrogen (secondary N) is 1. The number of aryl methyl sites for hydroxylation is 1. The molecule has 84 valence electrons. The summed E-state index contributed by atoms with van der Waals surface area (Å²) < 4.78 is 13.8. The summed E-state index contributed by atoms with van der Waals surface area (Å²) in [4.78, 5) is 0.934. The zero-order valence-electron chi connectivity index (χ0n) is 9.04. The lowest BCUT2D eigenvalue weighted by Crippen LogP contribution is -1.92. The van der Waals surface area contributed by atoms with Gasteiger partial charge in [-0.05, 0) is 30.9 Å². The molecular formula is C11H12FN3S. The van der Waals surface area contributed by atoms with Gasteiger partial charge in [0.1, 0.15) is 11.6 Å². The number of nitrogen functional groups attached to an aromatic ring is 1. The summed E-state index contributed by atoms with van der Waals surface area (Å²) in [6.07, 6.45) is 3.46. The minimum Gasteiger partial charge on any atom is -0.384 e. The fourth-order valence-electron chi connectivity index (χ4n) is 1.60. The highest BCUT2D eigenvalue weighted by molar-refractivity contribution is 7.98. The van der Waals surface area contributed by atoms with Crippen molar-refractivity contribution >= 4 is 17.6 Å². The molecule has 1 aromatic carbocycles. The van der Waals surface area contributed by atoms with E-state index in [2.05, 4.69) is 10.2 Å². The largest absolute Gasteiger partial charge is 0.384 e. The molecule has 0 fully saturated rings. The van der Waals surface area contributed by atoms with Gasteiger partial charge in [-0.3, -0.25) is 5.10 Å². The summed E-state index contributed by atoms with van der Waals surface area (Å²) in [5.74, 6) is 0.109. The maximum absolute atomic E-state index is 13.8. The Morgan fingerprint density at radius 2 is 2.12 bits per heavy atom. The second-order valence-electron chi connectivity index (χ2n) is 3.50. The molecule has 16 heavy (non-hydrogen) atoms. The summed E-state index contributed by atoms with van der Waals surface area (Å²) >= 11 is 1.53. The van der Waals surface area contributed by atoms with Crippen LogP contribution in [0.15, 0.2) is 23.2 Å². The number of nitrogens with zero attached hydrogens (tertiary/aromatic N) is 1. The van der Waals surface area contributed by atoms with E-state index in [1.165, 1.54) is 24.0 Å². The average Bonchev–Trinajstić information content (AvgIpc) is 2.67. The van der Waals surface area contributed by atoms with Crippen molar-refractivity contribution in [2.45, 2.75) is 11.8 Å². The maximum atomic E-state index is 13.8. The van der Waals surface area contributed by atoms with Crippen molar-refractivity contribution in [1.82, 2.24) is 10.2 Å². The molecule has 3 N–H and O–H groups in total. The Morgan fingerprint density at radius 1 is 1.38 bits per heavy atom. The van der Waals surface area contributed by atoms with Gasteiger partial charge in [0, 0.05) is 16.0 Å². The summed E-state index contributed by atoms with van der Waals surface area (Å²) in [7, 11) is 0. The molecule has 0 saturated carbocycles. The number of nitrogens with two attached hydrogens (primary N) is 1. The Morgan fingerprint density at radius 3 is 2.69 bits per heavy atom. The molecule has 0 amide bonds. The Balaban J connectivity index is 2.59. The van der Waals surface area contributed by atoms with Crippen molar-refractivity contribution in [3.8, 4) is 11.1 Å². The summed E-state index contributed by atoms with van der Waals surface area (Å²) in [6.45, 7) is 1.95. The van der Waals surface area contributed by atoms with E-state index < -0.39 is 0 Å². The molecule has 3 nitrogen and oxygen atoms in total. The molecule has 1 aromatic heterocycles. The number of thioether (sulfide) groups is 1. The van der Waals surface area contributed by atoms with Crippen LogP contribution >= 0.6 is 11.8 Å². The van der Waals surface area contributed by atoms with Gasteiger partial charge in [0.2, 0.25) is 0 Å². The lowest BCUT2D eigenvalue weighted by molar-refractivity contribution is 0.627. The number of rotatable bonds is 2. The molecule has 2 rings (SSSR count). The van der Waals surface area contributed by atoms with E-state index in [9.17, 15) is 4.39 Å². The smallest absolute Gasteiger partial charge is 0.132 e. The van der Waals surface area contributed by atoms with E-state index in [1.54, 1.807) is 6.07 Å². The van der Waals surface area contributed by atoms with Gasteiger partial charge in [0.25, 0.3) is 0 Å². The molecule has 0 atom stereocenters. The number of aromatic amines is 1. The molecule has 0 aliphatic heterocycles. The topological polar surface area (TPSA) is 54.7 Å². The van der Waals surface area contributed by atoms with Gasteiger partial charge in [-0.25, -0.2) is 4.39 Å². The van der Waals surface area contributed by atoms with Crippen LogP contribution in [-0.2, 0) is 0 Å². The van der Waals surface area contributed by atoms with E-state index in [0.717, 1.165) is 10.5 Å². The van der Waals surface area contributed by atoms with Crippen molar-refractivity contribution in [3.63, 3.8) is 0 Å². The second kappa shape index (κ2) is 4.17. The average molecular weight is 237 g/mol. The van der Waals surface area contributed by atoms with E-state index in [0.29, 0.717) is 16.9 Å². The first-order valence-electron chi connectivity index (χ1n) is 4.77. The number of H-pyrrole nitrogens is 1. The number of hydrogen-bond donors (Lipinski definition) is 2.